The highest BCUT2D eigenvalue weighted by molar-refractivity contribution is 5.53. The molecule has 34 heavy (non-hydrogen) atoms. The van der Waals surface area contributed by atoms with Crippen LogP contribution in [0.2, 0.25) is 0 Å². The van der Waals surface area contributed by atoms with Crippen molar-refractivity contribution in [1.82, 2.24) is 14.8 Å². The average Bonchev–Trinajstić information content (AvgIpc) is 3.07. The maximum absolute atomic E-state index is 14.2. The van der Waals surface area contributed by atoms with Crippen molar-refractivity contribution in [2.24, 2.45) is 0 Å². The zero-order valence-electron chi connectivity index (χ0n) is 21.4. The number of halogens is 3. The van der Waals surface area contributed by atoms with Crippen molar-refractivity contribution in [3.8, 4) is 11.5 Å². The molecule has 184 valence electrons. The quantitative estimate of drug-likeness (QED) is 0.612. The second kappa shape index (κ2) is 9.26. The second-order valence-electron chi connectivity index (χ2n) is 9.60. The van der Waals surface area contributed by atoms with Crippen LogP contribution in [0.5, 0.6) is 11.5 Å². The fourth-order valence-electron chi connectivity index (χ4n) is 5.10. The molecule has 9 heteroatoms. The largest absolute Gasteiger partial charge is 0.454 e. The van der Waals surface area contributed by atoms with Crippen LogP contribution in [0.15, 0.2) is 30.5 Å². The van der Waals surface area contributed by atoms with E-state index in [0.717, 1.165) is 43.4 Å². The number of alkyl halides is 3. The van der Waals surface area contributed by atoms with Gasteiger partial charge in [0.25, 0.3) is 5.92 Å². The SMILES string of the molecule is [2H]C1([2H])Oc2cc3c(cc2O1)[C@@H](c1ccc(NC2CN(CCCF)C2)cn1)N(CC(C)(F)F)[C@H](C)C3. The van der Waals surface area contributed by atoms with E-state index in [0.29, 0.717) is 24.3 Å². The predicted octanol–water partition coefficient (Wildman–Crippen LogP) is 4.26. The summed E-state index contributed by atoms with van der Waals surface area (Å²) in [6.07, 6.45) is 2.77. The summed E-state index contributed by atoms with van der Waals surface area (Å²) in [6, 6.07) is 6.71. The van der Waals surface area contributed by atoms with E-state index in [4.69, 9.17) is 12.2 Å². The lowest BCUT2D eigenvalue weighted by Gasteiger charge is -2.43. The molecule has 1 N–H and O–H groups in total. The third-order valence-corrected chi connectivity index (χ3v) is 6.68. The van der Waals surface area contributed by atoms with Crippen molar-refractivity contribution >= 4 is 5.69 Å². The van der Waals surface area contributed by atoms with Crippen molar-refractivity contribution in [1.29, 1.82) is 0 Å². The molecule has 3 aliphatic heterocycles. The van der Waals surface area contributed by atoms with Gasteiger partial charge in [-0.3, -0.25) is 19.2 Å². The van der Waals surface area contributed by atoms with Crippen molar-refractivity contribution in [3.63, 3.8) is 0 Å². The van der Waals surface area contributed by atoms with Crippen LogP contribution in [0, 0.1) is 0 Å². The second-order valence-corrected chi connectivity index (χ2v) is 9.60. The first-order chi connectivity index (χ1) is 17.0. The molecule has 1 saturated heterocycles. The van der Waals surface area contributed by atoms with Gasteiger partial charge in [0, 0.05) is 32.6 Å². The summed E-state index contributed by atoms with van der Waals surface area (Å²) in [5, 5.41) is 3.43. The number of likely N-dealkylation sites (tertiary alicyclic amines) is 1. The molecular weight excluding hydrogens is 445 g/mol. The van der Waals surface area contributed by atoms with Gasteiger partial charge in [0.2, 0.25) is 6.75 Å². The number of fused-ring (bicyclic) bond motifs is 2. The van der Waals surface area contributed by atoms with Crippen LogP contribution in [0.25, 0.3) is 0 Å². The molecule has 1 aromatic carbocycles. The lowest BCUT2D eigenvalue weighted by Crippen LogP contribution is -2.54. The number of nitrogens with zero attached hydrogens (tertiary/aromatic N) is 3. The Bertz CT molecular complexity index is 1090. The summed E-state index contributed by atoms with van der Waals surface area (Å²) in [4.78, 5) is 8.60. The maximum atomic E-state index is 14.2. The Hall–Kier alpha value is -2.52. The zero-order valence-corrected chi connectivity index (χ0v) is 19.4. The normalized spacial score (nSPS) is 25.3. The highest BCUT2D eigenvalue weighted by atomic mass is 19.3. The molecule has 4 heterocycles. The van der Waals surface area contributed by atoms with E-state index >= 15 is 0 Å². The summed E-state index contributed by atoms with van der Waals surface area (Å²) in [7, 11) is 0. The van der Waals surface area contributed by atoms with Crippen LogP contribution in [0.1, 0.15) is 45.9 Å². The Morgan fingerprint density at radius 3 is 2.68 bits per heavy atom. The standard InChI is InChI=1S/C25H31F3N4O2/c1-16-8-17-9-22-23(34-15-33-22)10-20(17)24(32(16)14-25(2,27)28)21-5-4-18(11-29-21)30-19-12-31(13-19)7-3-6-26/h4-5,9-11,16,19,24,30H,3,6-8,12-15H2,1-2H3/t16-,24+/m1/s1/i15D2. The summed E-state index contributed by atoms with van der Waals surface area (Å²) < 4.78 is 67.0. The van der Waals surface area contributed by atoms with Crippen molar-refractivity contribution in [2.75, 3.05) is 44.9 Å². The first-order valence-electron chi connectivity index (χ1n) is 12.7. The molecule has 2 atom stereocenters. The van der Waals surface area contributed by atoms with Gasteiger partial charge in [0.05, 0.1) is 42.9 Å². The zero-order chi connectivity index (χ0) is 25.7. The minimum atomic E-state index is -2.91. The Labute approximate surface area is 200 Å². The van der Waals surface area contributed by atoms with Gasteiger partial charge in [-0.2, -0.15) is 0 Å². The van der Waals surface area contributed by atoms with E-state index in [-0.39, 0.29) is 24.5 Å². The van der Waals surface area contributed by atoms with Crippen LogP contribution >= 0.6 is 0 Å². The first kappa shape index (κ1) is 20.8. The van der Waals surface area contributed by atoms with E-state index in [2.05, 4.69) is 15.2 Å². The third-order valence-electron chi connectivity index (χ3n) is 6.68. The molecule has 3 aliphatic rings. The van der Waals surface area contributed by atoms with Gasteiger partial charge in [-0.25, -0.2) is 8.78 Å². The number of ether oxygens (including phenoxy) is 2. The minimum Gasteiger partial charge on any atom is -0.454 e. The molecule has 0 aliphatic carbocycles. The fraction of sp³-hybridized carbons (Fsp3) is 0.560. The van der Waals surface area contributed by atoms with Gasteiger partial charge in [-0.15, -0.1) is 0 Å². The monoisotopic (exact) mass is 478 g/mol. The lowest BCUT2D eigenvalue weighted by atomic mass is 9.86. The smallest absolute Gasteiger partial charge is 0.257 e. The van der Waals surface area contributed by atoms with Gasteiger partial charge < -0.3 is 14.8 Å². The van der Waals surface area contributed by atoms with Crippen molar-refractivity contribution in [3.05, 3.63) is 47.3 Å². The summed E-state index contributed by atoms with van der Waals surface area (Å²) in [6.45, 7) is 2.25. The van der Waals surface area contributed by atoms with Gasteiger partial charge in [0.15, 0.2) is 11.5 Å². The first-order valence-corrected chi connectivity index (χ1v) is 11.7. The maximum Gasteiger partial charge on any atom is 0.257 e. The van der Waals surface area contributed by atoms with E-state index < -0.39 is 25.3 Å². The summed E-state index contributed by atoms with van der Waals surface area (Å²) >= 11 is 0. The minimum absolute atomic E-state index is 0.199. The fourth-order valence-corrected chi connectivity index (χ4v) is 5.10. The molecule has 1 aromatic heterocycles. The number of aromatic nitrogens is 1. The number of rotatable bonds is 8. The molecule has 2 aromatic rings. The molecule has 0 bridgehead atoms. The van der Waals surface area contributed by atoms with Gasteiger partial charge in [0.1, 0.15) is 2.74 Å². The van der Waals surface area contributed by atoms with Gasteiger partial charge in [-0.05, 0) is 55.2 Å². The van der Waals surface area contributed by atoms with E-state index in [9.17, 15) is 13.2 Å². The van der Waals surface area contributed by atoms with E-state index in [1.807, 2.05) is 19.1 Å². The topological polar surface area (TPSA) is 49.9 Å². The number of anilines is 1. The highest BCUT2D eigenvalue weighted by Crippen LogP contribution is 2.44. The van der Waals surface area contributed by atoms with Crippen LogP contribution in [0.4, 0.5) is 18.9 Å². The average molecular weight is 479 g/mol. The molecule has 0 amide bonds. The van der Waals surface area contributed by atoms with Gasteiger partial charge in [-0.1, -0.05) is 0 Å². The Morgan fingerprint density at radius 2 is 2.00 bits per heavy atom. The molecule has 6 nitrogen and oxygen atoms in total. The molecule has 0 radical (unpaired) electrons. The van der Waals surface area contributed by atoms with E-state index in [1.165, 1.54) is 0 Å². The third kappa shape index (κ3) is 4.81. The molecular formula is C25H31F3N4O2. The van der Waals surface area contributed by atoms with Crippen LogP contribution < -0.4 is 14.8 Å². The number of benzene rings is 1. The van der Waals surface area contributed by atoms with Gasteiger partial charge >= 0.3 is 0 Å². The van der Waals surface area contributed by atoms with Crippen LogP contribution in [0.3, 0.4) is 0 Å². The van der Waals surface area contributed by atoms with E-state index in [1.54, 1.807) is 23.2 Å². The summed E-state index contributed by atoms with van der Waals surface area (Å²) in [5.74, 6) is -2.34. The number of nitrogens with one attached hydrogen (secondary N) is 1. The van der Waals surface area contributed by atoms with Crippen LogP contribution in [-0.4, -0.2) is 72.4 Å². The number of hydrogen-bond acceptors (Lipinski definition) is 6. The Morgan fingerprint density at radius 1 is 1.24 bits per heavy atom. The summed E-state index contributed by atoms with van der Waals surface area (Å²) in [5.41, 5.74) is 3.12. The molecule has 0 saturated carbocycles. The molecule has 0 spiro atoms. The highest BCUT2D eigenvalue weighted by Gasteiger charge is 2.40. The Balaban J connectivity index is 1.41. The molecule has 0 unspecified atom stereocenters. The lowest BCUT2D eigenvalue weighted by molar-refractivity contribution is -0.0367. The molecule has 1 fully saturated rings. The van der Waals surface area contributed by atoms with Crippen molar-refractivity contribution in [2.45, 2.75) is 50.7 Å². The predicted molar refractivity (Wildman–Crippen MR) is 124 cm³/mol. The van der Waals surface area contributed by atoms with Crippen LogP contribution in [-0.2, 0) is 6.42 Å². The Kier molecular flexibility index (Phi) is 5.67. The number of pyridine rings is 1. The molecule has 5 rings (SSSR count). The van der Waals surface area contributed by atoms with Crippen molar-refractivity contribution < 1.29 is 25.4 Å². The number of hydrogen-bond donors (Lipinski definition) is 1.